The third-order valence-corrected chi connectivity index (χ3v) is 3.64. The number of aromatic amines is 1. The first-order chi connectivity index (χ1) is 10.6. The minimum atomic E-state index is -0.0768. The summed E-state index contributed by atoms with van der Waals surface area (Å²) in [7, 11) is 0. The molecule has 1 heterocycles. The van der Waals surface area contributed by atoms with Gasteiger partial charge in [0.15, 0.2) is 5.82 Å². The summed E-state index contributed by atoms with van der Waals surface area (Å²) >= 11 is 0. The van der Waals surface area contributed by atoms with E-state index in [1.165, 1.54) is 0 Å². The maximum Gasteiger partial charge on any atom is 0.252 e. The van der Waals surface area contributed by atoms with Crippen LogP contribution in [0.2, 0.25) is 0 Å². The molecule has 2 aromatic rings. The van der Waals surface area contributed by atoms with Gasteiger partial charge in [0.1, 0.15) is 5.71 Å². The van der Waals surface area contributed by atoms with Crippen LogP contribution in [0.1, 0.15) is 41.4 Å². The predicted octanol–water partition coefficient (Wildman–Crippen LogP) is 3.29. The molecule has 0 atom stereocenters. The Morgan fingerprint density at radius 3 is 2.86 bits per heavy atom. The molecule has 22 heavy (non-hydrogen) atoms. The van der Waals surface area contributed by atoms with E-state index in [0.717, 1.165) is 11.3 Å². The van der Waals surface area contributed by atoms with Crippen molar-refractivity contribution in [3.8, 4) is 0 Å². The topological polar surface area (TPSA) is 74.5 Å². The molecule has 1 aliphatic carbocycles. The Morgan fingerprint density at radius 2 is 2.18 bits per heavy atom. The standard InChI is InChI=1S/C16H15N5O/c1-9(2)13-14(17-3)16(21-19-13)20-18-12-8-10-6-4-5-7-11(10)15(12)22/h4-7,9H,8H2,1-2H3,(H2,19,20,21)/b18-12+. The fourth-order valence-corrected chi connectivity index (χ4v) is 2.47. The zero-order valence-electron chi connectivity index (χ0n) is 12.3. The number of rotatable bonds is 3. The number of ketones is 1. The molecule has 0 spiro atoms. The van der Waals surface area contributed by atoms with Crippen LogP contribution < -0.4 is 5.43 Å². The Balaban J connectivity index is 1.85. The van der Waals surface area contributed by atoms with Crippen molar-refractivity contribution in [1.29, 1.82) is 0 Å². The average molecular weight is 293 g/mol. The quantitative estimate of drug-likeness (QED) is 0.673. The fraction of sp³-hybridized carbons (Fsp3) is 0.250. The van der Waals surface area contributed by atoms with Gasteiger partial charge in [0.25, 0.3) is 5.69 Å². The summed E-state index contributed by atoms with van der Waals surface area (Å²) in [5, 5.41) is 11.1. The number of nitrogens with one attached hydrogen (secondary N) is 2. The van der Waals surface area contributed by atoms with Crippen molar-refractivity contribution in [2.24, 2.45) is 5.10 Å². The fourth-order valence-electron chi connectivity index (χ4n) is 2.47. The van der Waals surface area contributed by atoms with E-state index in [2.05, 4.69) is 25.6 Å². The second-order valence-corrected chi connectivity index (χ2v) is 5.43. The molecule has 3 rings (SSSR count). The number of carbonyl (C=O) groups is 1. The maximum absolute atomic E-state index is 12.2. The minimum Gasteiger partial charge on any atom is -0.292 e. The van der Waals surface area contributed by atoms with E-state index >= 15 is 0 Å². The molecular weight excluding hydrogens is 278 g/mol. The van der Waals surface area contributed by atoms with Gasteiger partial charge in [-0.05, 0) is 11.5 Å². The van der Waals surface area contributed by atoms with Gasteiger partial charge in [-0.15, -0.1) is 0 Å². The number of anilines is 1. The number of benzene rings is 1. The normalized spacial score (nSPS) is 15.2. The van der Waals surface area contributed by atoms with Gasteiger partial charge in [-0.1, -0.05) is 38.1 Å². The number of Topliss-reactive ketones (excluding diaryl/α,β-unsaturated/α-hetero) is 1. The predicted molar refractivity (Wildman–Crippen MR) is 84.5 cm³/mol. The van der Waals surface area contributed by atoms with Crippen molar-refractivity contribution in [1.82, 2.24) is 10.2 Å². The van der Waals surface area contributed by atoms with Crippen molar-refractivity contribution in [2.75, 3.05) is 5.43 Å². The van der Waals surface area contributed by atoms with Gasteiger partial charge < -0.3 is 0 Å². The molecule has 0 saturated heterocycles. The Bertz CT molecular complexity index is 810. The number of aromatic nitrogens is 2. The van der Waals surface area contributed by atoms with Crippen molar-refractivity contribution in [3.63, 3.8) is 0 Å². The van der Waals surface area contributed by atoms with E-state index in [-0.39, 0.29) is 11.7 Å². The number of nitrogens with zero attached hydrogens (tertiary/aromatic N) is 3. The number of hydrogen-bond donors (Lipinski definition) is 2. The van der Waals surface area contributed by atoms with E-state index in [4.69, 9.17) is 6.57 Å². The average Bonchev–Trinajstić information content (AvgIpc) is 3.07. The largest absolute Gasteiger partial charge is 0.292 e. The number of fused-ring (bicyclic) bond motifs is 1. The van der Waals surface area contributed by atoms with Crippen molar-refractivity contribution < 1.29 is 4.79 Å². The van der Waals surface area contributed by atoms with Gasteiger partial charge in [-0.25, -0.2) is 4.85 Å². The van der Waals surface area contributed by atoms with E-state index < -0.39 is 0 Å². The van der Waals surface area contributed by atoms with Gasteiger partial charge in [0, 0.05) is 17.7 Å². The summed E-state index contributed by atoms with van der Waals surface area (Å²) in [6.45, 7) is 11.2. The second kappa shape index (κ2) is 5.45. The van der Waals surface area contributed by atoms with Gasteiger partial charge in [-0.3, -0.25) is 15.3 Å². The van der Waals surface area contributed by atoms with Crippen LogP contribution in [-0.2, 0) is 6.42 Å². The summed E-state index contributed by atoms with van der Waals surface area (Å²) in [4.78, 5) is 15.7. The summed E-state index contributed by atoms with van der Waals surface area (Å²) in [6, 6.07) is 7.47. The number of hydrogen-bond acceptors (Lipinski definition) is 4. The molecule has 0 bridgehead atoms. The van der Waals surface area contributed by atoms with Crippen LogP contribution in [0.5, 0.6) is 0 Å². The molecule has 1 aliphatic rings. The minimum absolute atomic E-state index is 0.0768. The van der Waals surface area contributed by atoms with Crippen LogP contribution in [0.3, 0.4) is 0 Å². The van der Waals surface area contributed by atoms with Crippen LogP contribution in [0.15, 0.2) is 29.4 Å². The van der Waals surface area contributed by atoms with Crippen LogP contribution in [-0.4, -0.2) is 21.7 Å². The van der Waals surface area contributed by atoms with E-state index in [1.54, 1.807) is 6.07 Å². The Morgan fingerprint density at radius 1 is 1.41 bits per heavy atom. The molecule has 0 fully saturated rings. The molecule has 0 aliphatic heterocycles. The first-order valence-electron chi connectivity index (χ1n) is 7.02. The Kier molecular flexibility index (Phi) is 3.47. The molecule has 1 aromatic carbocycles. The highest BCUT2D eigenvalue weighted by Crippen LogP contribution is 2.32. The molecule has 0 saturated carbocycles. The monoisotopic (exact) mass is 293 g/mol. The number of carbonyl (C=O) groups excluding carboxylic acids is 1. The highest BCUT2D eigenvalue weighted by molar-refractivity contribution is 6.49. The van der Waals surface area contributed by atoms with Crippen LogP contribution >= 0.6 is 0 Å². The first-order valence-corrected chi connectivity index (χ1v) is 7.02. The number of hydrazone groups is 1. The summed E-state index contributed by atoms with van der Waals surface area (Å²) in [5.74, 6) is 0.444. The smallest absolute Gasteiger partial charge is 0.252 e. The van der Waals surface area contributed by atoms with E-state index in [9.17, 15) is 4.79 Å². The van der Waals surface area contributed by atoms with Crippen LogP contribution in [0, 0.1) is 6.57 Å². The molecule has 6 heteroatoms. The second-order valence-electron chi connectivity index (χ2n) is 5.43. The summed E-state index contributed by atoms with van der Waals surface area (Å²) < 4.78 is 0. The number of H-pyrrole nitrogens is 1. The molecule has 0 radical (unpaired) electrons. The van der Waals surface area contributed by atoms with Crippen LogP contribution in [0.4, 0.5) is 11.5 Å². The molecule has 2 N–H and O–H groups in total. The highest BCUT2D eigenvalue weighted by atomic mass is 16.1. The molecule has 0 unspecified atom stereocenters. The van der Waals surface area contributed by atoms with E-state index in [1.807, 2.05) is 32.0 Å². The summed E-state index contributed by atoms with van der Waals surface area (Å²) in [6.07, 6.45) is 0.497. The first kappa shape index (κ1) is 14.0. The zero-order valence-corrected chi connectivity index (χ0v) is 12.3. The van der Waals surface area contributed by atoms with Gasteiger partial charge in [0.05, 0.1) is 6.57 Å². The van der Waals surface area contributed by atoms with Crippen LogP contribution in [0.25, 0.3) is 4.85 Å². The van der Waals surface area contributed by atoms with Gasteiger partial charge in [-0.2, -0.15) is 10.2 Å². The highest BCUT2D eigenvalue weighted by Gasteiger charge is 2.26. The van der Waals surface area contributed by atoms with Gasteiger partial charge >= 0.3 is 0 Å². The van der Waals surface area contributed by atoms with Crippen molar-refractivity contribution in [3.05, 3.63) is 52.5 Å². The Labute approximate surface area is 128 Å². The maximum atomic E-state index is 12.2. The van der Waals surface area contributed by atoms with Gasteiger partial charge in [0.2, 0.25) is 5.78 Å². The molecule has 0 amide bonds. The lowest BCUT2D eigenvalue weighted by atomic mass is 10.1. The lowest BCUT2D eigenvalue weighted by Gasteiger charge is -2.01. The lowest BCUT2D eigenvalue weighted by molar-refractivity contribution is 0.106. The van der Waals surface area contributed by atoms with Crippen molar-refractivity contribution >= 4 is 23.0 Å². The third-order valence-electron chi connectivity index (χ3n) is 3.64. The third kappa shape index (κ3) is 2.27. The SMILES string of the molecule is [C-]#[N+]c1c(N/N=C2\Cc3ccccc3C2=O)n[nH]c1C(C)C. The van der Waals surface area contributed by atoms with E-state index in [0.29, 0.717) is 29.2 Å². The summed E-state index contributed by atoms with van der Waals surface area (Å²) in [5.41, 5.74) is 6.04. The molecule has 1 aromatic heterocycles. The molecule has 6 nitrogen and oxygen atoms in total. The van der Waals surface area contributed by atoms with Crippen molar-refractivity contribution in [2.45, 2.75) is 26.2 Å². The molecule has 110 valence electrons. The molecular formula is C16H15N5O. The Hall–Kier alpha value is -2.94. The lowest BCUT2D eigenvalue weighted by Crippen LogP contribution is -2.10. The zero-order chi connectivity index (χ0) is 15.7.